The summed E-state index contributed by atoms with van der Waals surface area (Å²) in [5, 5.41) is 2.94. The molecule has 2 aromatic rings. The Balaban J connectivity index is 2.42. The van der Waals surface area contributed by atoms with E-state index in [4.69, 9.17) is 0 Å². The van der Waals surface area contributed by atoms with Gasteiger partial charge in [0.1, 0.15) is 11.5 Å². The van der Waals surface area contributed by atoms with E-state index in [2.05, 4.69) is 20.3 Å². The largest absolute Gasteiger partial charge is 0.372 e. The molecule has 2 aromatic heterocycles. The third-order valence-corrected chi connectivity index (χ3v) is 1.82. The molecule has 0 saturated carbocycles. The maximum atomic E-state index is 4.33. The van der Waals surface area contributed by atoms with Gasteiger partial charge in [-0.25, -0.2) is 4.98 Å². The zero-order valence-corrected chi connectivity index (χ0v) is 7.81. The van der Waals surface area contributed by atoms with Gasteiger partial charge in [-0.1, -0.05) is 6.07 Å². The first-order chi connectivity index (χ1) is 6.90. The average Bonchev–Trinajstić information content (AvgIpc) is 2.30. The Kier molecular flexibility index (Phi) is 2.36. The van der Waals surface area contributed by atoms with E-state index in [0.717, 1.165) is 17.2 Å². The highest BCUT2D eigenvalue weighted by molar-refractivity contribution is 5.54. The minimum absolute atomic E-state index is 0.744. The van der Waals surface area contributed by atoms with Crippen LogP contribution in [0.3, 0.4) is 0 Å². The second-order valence-corrected chi connectivity index (χ2v) is 2.75. The molecule has 0 aliphatic heterocycles. The van der Waals surface area contributed by atoms with Crippen LogP contribution >= 0.6 is 0 Å². The zero-order valence-electron chi connectivity index (χ0n) is 7.81. The predicted octanol–water partition coefficient (Wildman–Crippen LogP) is 1.58. The van der Waals surface area contributed by atoms with Crippen LogP contribution in [0.2, 0.25) is 0 Å². The fourth-order valence-corrected chi connectivity index (χ4v) is 1.12. The molecular formula is C10H10N4. The summed E-state index contributed by atoms with van der Waals surface area (Å²) in [5.41, 5.74) is 1.61. The van der Waals surface area contributed by atoms with Gasteiger partial charge in [0.2, 0.25) is 0 Å². The standard InChI is InChI=1S/C10H10N4/c1-11-10-7-12-6-9(14-10)8-4-2-3-5-13-8/h2-7H,1H3,(H,11,14). The van der Waals surface area contributed by atoms with E-state index in [0.29, 0.717) is 0 Å². The summed E-state index contributed by atoms with van der Waals surface area (Å²) in [4.78, 5) is 12.6. The molecule has 0 aliphatic carbocycles. The quantitative estimate of drug-likeness (QED) is 0.773. The Morgan fingerprint density at radius 1 is 1.14 bits per heavy atom. The van der Waals surface area contributed by atoms with Crippen LogP contribution in [0, 0.1) is 0 Å². The molecule has 70 valence electrons. The SMILES string of the molecule is CNc1cncc(-c2ccccn2)n1. The van der Waals surface area contributed by atoms with Crippen LogP contribution in [0.4, 0.5) is 5.82 Å². The van der Waals surface area contributed by atoms with Crippen LogP contribution in [0.25, 0.3) is 11.4 Å². The van der Waals surface area contributed by atoms with E-state index in [1.165, 1.54) is 0 Å². The number of hydrogen-bond acceptors (Lipinski definition) is 4. The lowest BCUT2D eigenvalue weighted by atomic mass is 10.3. The van der Waals surface area contributed by atoms with Gasteiger partial charge in [0.15, 0.2) is 0 Å². The van der Waals surface area contributed by atoms with Gasteiger partial charge < -0.3 is 5.32 Å². The van der Waals surface area contributed by atoms with Crippen LogP contribution < -0.4 is 5.32 Å². The number of hydrogen-bond donors (Lipinski definition) is 1. The average molecular weight is 186 g/mol. The number of aromatic nitrogens is 3. The molecule has 4 nitrogen and oxygen atoms in total. The van der Waals surface area contributed by atoms with Crippen LogP contribution in [-0.2, 0) is 0 Å². The van der Waals surface area contributed by atoms with E-state index in [1.807, 2.05) is 25.2 Å². The molecular weight excluding hydrogens is 176 g/mol. The molecule has 0 radical (unpaired) electrons. The smallest absolute Gasteiger partial charge is 0.145 e. The molecule has 4 heteroatoms. The topological polar surface area (TPSA) is 50.7 Å². The van der Waals surface area contributed by atoms with Gasteiger partial charge >= 0.3 is 0 Å². The fraction of sp³-hybridized carbons (Fsp3) is 0.100. The van der Waals surface area contributed by atoms with Crippen LogP contribution in [0.15, 0.2) is 36.8 Å². The minimum Gasteiger partial charge on any atom is -0.372 e. The number of rotatable bonds is 2. The highest BCUT2D eigenvalue weighted by Gasteiger charge is 2.00. The van der Waals surface area contributed by atoms with E-state index in [-0.39, 0.29) is 0 Å². The Morgan fingerprint density at radius 3 is 2.79 bits per heavy atom. The lowest BCUT2D eigenvalue weighted by Gasteiger charge is -2.01. The molecule has 2 rings (SSSR count). The summed E-state index contributed by atoms with van der Waals surface area (Å²) < 4.78 is 0. The van der Waals surface area contributed by atoms with Crippen molar-refractivity contribution in [2.24, 2.45) is 0 Å². The lowest BCUT2D eigenvalue weighted by Crippen LogP contribution is -1.95. The molecule has 0 fully saturated rings. The van der Waals surface area contributed by atoms with Crippen molar-refractivity contribution in [1.29, 1.82) is 0 Å². The van der Waals surface area contributed by atoms with Crippen molar-refractivity contribution in [1.82, 2.24) is 15.0 Å². The van der Waals surface area contributed by atoms with Gasteiger partial charge in [0, 0.05) is 13.2 Å². The molecule has 0 spiro atoms. The van der Waals surface area contributed by atoms with E-state index >= 15 is 0 Å². The number of nitrogens with one attached hydrogen (secondary N) is 1. The Bertz CT molecular complexity index is 413. The van der Waals surface area contributed by atoms with E-state index in [1.54, 1.807) is 18.6 Å². The van der Waals surface area contributed by atoms with Crippen molar-refractivity contribution in [2.75, 3.05) is 12.4 Å². The van der Waals surface area contributed by atoms with Crippen LogP contribution in [0.5, 0.6) is 0 Å². The second kappa shape index (κ2) is 3.83. The highest BCUT2D eigenvalue weighted by Crippen LogP contribution is 2.13. The van der Waals surface area contributed by atoms with Crippen molar-refractivity contribution >= 4 is 5.82 Å². The molecule has 0 aliphatic rings. The number of nitrogens with zero attached hydrogens (tertiary/aromatic N) is 3. The maximum absolute atomic E-state index is 4.33. The Labute approximate surface area is 82.1 Å². The van der Waals surface area contributed by atoms with E-state index in [9.17, 15) is 0 Å². The van der Waals surface area contributed by atoms with Gasteiger partial charge in [-0.15, -0.1) is 0 Å². The van der Waals surface area contributed by atoms with Crippen LogP contribution in [-0.4, -0.2) is 22.0 Å². The molecule has 2 heterocycles. The lowest BCUT2D eigenvalue weighted by molar-refractivity contribution is 1.17. The minimum atomic E-state index is 0.744. The number of anilines is 1. The molecule has 0 saturated heterocycles. The zero-order chi connectivity index (χ0) is 9.80. The molecule has 0 amide bonds. The molecule has 1 N–H and O–H groups in total. The fourth-order valence-electron chi connectivity index (χ4n) is 1.12. The third kappa shape index (κ3) is 1.69. The third-order valence-electron chi connectivity index (χ3n) is 1.82. The van der Waals surface area contributed by atoms with E-state index < -0.39 is 0 Å². The maximum Gasteiger partial charge on any atom is 0.145 e. The predicted molar refractivity (Wildman–Crippen MR) is 54.8 cm³/mol. The number of pyridine rings is 1. The molecule has 0 atom stereocenters. The molecule has 0 aromatic carbocycles. The first-order valence-corrected chi connectivity index (χ1v) is 4.31. The summed E-state index contributed by atoms with van der Waals surface area (Å²) in [6.45, 7) is 0. The van der Waals surface area contributed by atoms with Gasteiger partial charge in [0.05, 0.1) is 18.1 Å². The second-order valence-electron chi connectivity index (χ2n) is 2.75. The Hall–Kier alpha value is -1.97. The van der Waals surface area contributed by atoms with Gasteiger partial charge in [-0.05, 0) is 12.1 Å². The molecule has 0 unspecified atom stereocenters. The summed E-state index contributed by atoms with van der Waals surface area (Å²) in [6.07, 6.45) is 5.11. The highest BCUT2D eigenvalue weighted by atomic mass is 15.0. The van der Waals surface area contributed by atoms with Gasteiger partial charge in [-0.3, -0.25) is 9.97 Å². The normalized spacial score (nSPS) is 9.79. The summed E-state index contributed by atoms with van der Waals surface area (Å²) >= 11 is 0. The first-order valence-electron chi connectivity index (χ1n) is 4.31. The van der Waals surface area contributed by atoms with Crippen LogP contribution in [0.1, 0.15) is 0 Å². The summed E-state index contributed by atoms with van der Waals surface area (Å²) in [7, 11) is 1.81. The monoisotopic (exact) mass is 186 g/mol. The Morgan fingerprint density at radius 2 is 2.07 bits per heavy atom. The molecule has 14 heavy (non-hydrogen) atoms. The summed E-state index contributed by atoms with van der Waals surface area (Å²) in [5.74, 6) is 0.744. The van der Waals surface area contributed by atoms with Crippen molar-refractivity contribution in [3.05, 3.63) is 36.8 Å². The van der Waals surface area contributed by atoms with Gasteiger partial charge in [0.25, 0.3) is 0 Å². The molecule has 0 bridgehead atoms. The van der Waals surface area contributed by atoms with Crippen molar-refractivity contribution < 1.29 is 0 Å². The summed E-state index contributed by atoms with van der Waals surface area (Å²) in [6, 6.07) is 5.71. The van der Waals surface area contributed by atoms with Crippen molar-refractivity contribution in [3.8, 4) is 11.4 Å². The van der Waals surface area contributed by atoms with Gasteiger partial charge in [-0.2, -0.15) is 0 Å². The first kappa shape index (κ1) is 8.62. The van der Waals surface area contributed by atoms with Crippen molar-refractivity contribution in [2.45, 2.75) is 0 Å². The van der Waals surface area contributed by atoms with Crippen molar-refractivity contribution in [3.63, 3.8) is 0 Å².